The van der Waals surface area contributed by atoms with E-state index in [0.29, 0.717) is 23.6 Å². The average molecular weight is 394 g/mol. The van der Waals surface area contributed by atoms with Crippen molar-refractivity contribution in [2.24, 2.45) is 5.92 Å². The van der Waals surface area contributed by atoms with Crippen LogP contribution in [0.15, 0.2) is 42.6 Å². The molecule has 152 valence electrons. The number of hydrogen-bond acceptors (Lipinski definition) is 5. The Kier molecular flexibility index (Phi) is 6.72. The molecule has 2 aromatic rings. The van der Waals surface area contributed by atoms with Gasteiger partial charge in [0.25, 0.3) is 0 Å². The van der Waals surface area contributed by atoms with Crippen molar-refractivity contribution in [2.75, 3.05) is 30.3 Å². The lowest BCUT2D eigenvalue weighted by Gasteiger charge is -2.31. The molecule has 1 aliphatic heterocycles. The lowest BCUT2D eigenvalue weighted by atomic mass is 9.97. The summed E-state index contributed by atoms with van der Waals surface area (Å²) in [5.41, 5.74) is 2.19. The number of rotatable bonds is 6. The lowest BCUT2D eigenvalue weighted by molar-refractivity contribution is -0.123. The molecule has 29 heavy (non-hydrogen) atoms. The molecule has 2 N–H and O–H groups in total. The van der Waals surface area contributed by atoms with Gasteiger partial charge in [0, 0.05) is 24.0 Å². The Morgan fingerprint density at radius 2 is 2.00 bits per heavy atom. The van der Waals surface area contributed by atoms with Gasteiger partial charge in [0.2, 0.25) is 11.8 Å². The van der Waals surface area contributed by atoms with Gasteiger partial charge in [-0.05, 0) is 57.0 Å². The molecule has 1 aromatic carbocycles. The first-order valence-corrected chi connectivity index (χ1v) is 9.77. The number of pyridine rings is 1. The van der Waals surface area contributed by atoms with Crippen LogP contribution in [0.4, 0.5) is 11.5 Å². The summed E-state index contributed by atoms with van der Waals surface area (Å²) in [6.07, 6.45) is 3.36. The highest BCUT2D eigenvalue weighted by molar-refractivity contribution is 5.97. The molecule has 1 aliphatic rings. The van der Waals surface area contributed by atoms with Crippen LogP contribution in [0.5, 0.6) is 0 Å². The summed E-state index contributed by atoms with van der Waals surface area (Å²) < 4.78 is 0. The minimum Gasteiger partial charge on any atom is -0.325 e. The first-order chi connectivity index (χ1) is 13.9. The summed E-state index contributed by atoms with van der Waals surface area (Å²) in [5.74, 6) is 0.0862. The molecule has 7 nitrogen and oxygen atoms in total. The Balaban J connectivity index is 1.53. The van der Waals surface area contributed by atoms with E-state index in [4.69, 9.17) is 0 Å². The molecule has 1 fully saturated rings. The smallest absolute Gasteiger partial charge is 0.238 e. The Morgan fingerprint density at radius 1 is 1.17 bits per heavy atom. The molecular weight excluding hydrogens is 368 g/mol. The SMILES string of the molecule is CC(=O)c1cccc(NC(=O)CN2CCCC(C(=O)Nc3ccc(C)cn3)C2)c1. The van der Waals surface area contributed by atoms with E-state index >= 15 is 0 Å². The molecule has 0 saturated carbocycles. The number of Topliss-reactive ketones (excluding diaryl/α,β-unsaturated/α-hetero) is 1. The van der Waals surface area contributed by atoms with Crippen molar-refractivity contribution < 1.29 is 14.4 Å². The molecule has 1 unspecified atom stereocenters. The summed E-state index contributed by atoms with van der Waals surface area (Å²) in [7, 11) is 0. The maximum absolute atomic E-state index is 12.6. The number of aromatic nitrogens is 1. The number of nitrogens with zero attached hydrogens (tertiary/aromatic N) is 2. The Bertz CT molecular complexity index is 895. The molecule has 0 spiro atoms. The maximum atomic E-state index is 12.6. The highest BCUT2D eigenvalue weighted by atomic mass is 16.2. The number of likely N-dealkylation sites (tertiary alicyclic amines) is 1. The molecule has 1 atom stereocenters. The first kappa shape index (κ1) is 20.7. The first-order valence-electron chi connectivity index (χ1n) is 9.77. The molecular formula is C22H26N4O3. The molecule has 0 bridgehead atoms. The van der Waals surface area contributed by atoms with Gasteiger partial charge in [0.1, 0.15) is 5.82 Å². The van der Waals surface area contributed by atoms with Gasteiger partial charge in [-0.25, -0.2) is 4.98 Å². The second-order valence-corrected chi connectivity index (χ2v) is 7.47. The van der Waals surface area contributed by atoms with Crippen LogP contribution >= 0.6 is 0 Å². The number of anilines is 2. The topological polar surface area (TPSA) is 91.4 Å². The van der Waals surface area contributed by atoms with E-state index in [1.165, 1.54) is 6.92 Å². The number of aryl methyl sites for hydroxylation is 1. The highest BCUT2D eigenvalue weighted by Gasteiger charge is 2.27. The maximum Gasteiger partial charge on any atom is 0.238 e. The summed E-state index contributed by atoms with van der Waals surface area (Å²) in [5, 5.41) is 5.69. The molecule has 2 heterocycles. The lowest BCUT2D eigenvalue weighted by Crippen LogP contribution is -2.44. The molecule has 0 aliphatic carbocycles. The second-order valence-electron chi connectivity index (χ2n) is 7.47. The summed E-state index contributed by atoms with van der Waals surface area (Å²) in [6.45, 7) is 4.94. The summed E-state index contributed by atoms with van der Waals surface area (Å²) >= 11 is 0. The highest BCUT2D eigenvalue weighted by Crippen LogP contribution is 2.19. The Morgan fingerprint density at radius 3 is 2.72 bits per heavy atom. The van der Waals surface area contributed by atoms with Crippen molar-refractivity contribution in [3.63, 3.8) is 0 Å². The third-order valence-electron chi connectivity index (χ3n) is 4.96. The van der Waals surface area contributed by atoms with Crippen molar-refractivity contribution in [2.45, 2.75) is 26.7 Å². The van der Waals surface area contributed by atoms with E-state index in [1.54, 1.807) is 36.5 Å². The number of amides is 2. The minimum absolute atomic E-state index is 0.0472. The number of ketones is 1. The summed E-state index contributed by atoms with van der Waals surface area (Å²) in [4.78, 5) is 42.7. The third kappa shape index (κ3) is 5.96. The van der Waals surface area contributed by atoms with Gasteiger partial charge in [0.15, 0.2) is 5.78 Å². The normalized spacial score (nSPS) is 16.8. The number of piperidine rings is 1. The van der Waals surface area contributed by atoms with Gasteiger partial charge in [-0.2, -0.15) is 0 Å². The van der Waals surface area contributed by atoms with Crippen LogP contribution in [0.1, 0.15) is 35.7 Å². The molecule has 3 rings (SSSR count). The van der Waals surface area contributed by atoms with E-state index < -0.39 is 0 Å². The molecule has 2 amide bonds. The average Bonchev–Trinajstić information content (AvgIpc) is 2.70. The Hall–Kier alpha value is -3.06. The van der Waals surface area contributed by atoms with Crippen LogP contribution in [0.2, 0.25) is 0 Å². The predicted octanol–water partition coefficient (Wildman–Crippen LogP) is 2.88. The van der Waals surface area contributed by atoms with Crippen molar-refractivity contribution >= 4 is 29.1 Å². The van der Waals surface area contributed by atoms with Crippen LogP contribution in [-0.2, 0) is 9.59 Å². The zero-order valence-corrected chi connectivity index (χ0v) is 16.8. The van der Waals surface area contributed by atoms with Crippen LogP contribution in [0.25, 0.3) is 0 Å². The fourth-order valence-corrected chi connectivity index (χ4v) is 3.40. The number of benzene rings is 1. The van der Waals surface area contributed by atoms with Crippen LogP contribution in [0.3, 0.4) is 0 Å². The van der Waals surface area contributed by atoms with Gasteiger partial charge in [-0.3, -0.25) is 19.3 Å². The largest absolute Gasteiger partial charge is 0.325 e. The van der Waals surface area contributed by atoms with Crippen molar-refractivity contribution in [1.82, 2.24) is 9.88 Å². The molecule has 1 saturated heterocycles. The number of nitrogens with one attached hydrogen (secondary N) is 2. The van der Waals surface area contributed by atoms with Gasteiger partial charge >= 0.3 is 0 Å². The van der Waals surface area contributed by atoms with Crippen LogP contribution in [-0.4, -0.2) is 47.1 Å². The zero-order chi connectivity index (χ0) is 20.8. The number of hydrogen-bond donors (Lipinski definition) is 2. The minimum atomic E-state index is -0.180. The van der Waals surface area contributed by atoms with E-state index in [2.05, 4.69) is 15.6 Å². The number of carbonyl (C=O) groups excluding carboxylic acids is 3. The third-order valence-corrected chi connectivity index (χ3v) is 4.96. The van der Waals surface area contributed by atoms with E-state index in [1.807, 2.05) is 17.9 Å². The fraction of sp³-hybridized carbons (Fsp3) is 0.364. The molecule has 7 heteroatoms. The second kappa shape index (κ2) is 9.43. The van der Waals surface area contributed by atoms with E-state index in [9.17, 15) is 14.4 Å². The predicted molar refractivity (Wildman–Crippen MR) is 112 cm³/mol. The van der Waals surface area contributed by atoms with Crippen LogP contribution in [0, 0.1) is 12.8 Å². The van der Waals surface area contributed by atoms with Gasteiger partial charge in [0.05, 0.1) is 12.5 Å². The van der Waals surface area contributed by atoms with E-state index in [-0.39, 0.29) is 30.1 Å². The van der Waals surface area contributed by atoms with Crippen molar-refractivity contribution in [1.29, 1.82) is 0 Å². The summed E-state index contributed by atoms with van der Waals surface area (Å²) in [6, 6.07) is 10.6. The van der Waals surface area contributed by atoms with Crippen molar-refractivity contribution in [3.05, 3.63) is 53.7 Å². The van der Waals surface area contributed by atoms with Crippen molar-refractivity contribution in [3.8, 4) is 0 Å². The Labute approximate surface area is 170 Å². The van der Waals surface area contributed by atoms with Gasteiger partial charge < -0.3 is 10.6 Å². The number of carbonyl (C=O) groups is 3. The van der Waals surface area contributed by atoms with Crippen LogP contribution < -0.4 is 10.6 Å². The molecule has 0 radical (unpaired) electrons. The monoisotopic (exact) mass is 394 g/mol. The van der Waals surface area contributed by atoms with Gasteiger partial charge in [-0.1, -0.05) is 18.2 Å². The zero-order valence-electron chi connectivity index (χ0n) is 16.8. The van der Waals surface area contributed by atoms with Gasteiger partial charge in [-0.15, -0.1) is 0 Å². The van der Waals surface area contributed by atoms with E-state index in [0.717, 1.165) is 24.9 Å². The fourth-order valence-electron chi connectivity index (χ4n) is 3.40. The quantitative estimate of drug-likeness (QED) is 0.735. The standard InChI is InChI=1S/C22H26N4O3/c1-15-8-9-20(23-12-15)25-22(29)18-6-4-10-26(13-18)14-21(28)24-19-7-3-5-17(11-19)16(2)27/h3,5,7-9,11-12,18H,4,6,10,13-14H2,1-2H3,(H,24,28)(H,23,25,29). The molecule has 1 aromatic heterocycles.